The third kappa shape index (κ3) is 3.76. The van der Waals surface area contributed by atoms with Crippen molar-refractivity contribution in [3.05, 3.63) is 102 Å². The number of benzene rings is 4. The Morgan fingerprint density at radius 2 is 0.939 bits per heavy atom. The maximum absolute atomic E-state index is 13.7. The lowest BCUT2D eigenvalue weighted by Crippen LogP contribution is -2.50. The van der Waals surface area contributed by atoms with Crippen molar-refractivity contribution in [3.63, 3.8) is 0 Å². The second-order valence-corrected chi connectivity index (χ2v) is 10.2. The molecule has 0 atom stereocenters. The maximum Gasteiger partial charge on any atom is 0.416 e. The van der Waals surface area contributed by atoms with E-state index in [-0.39, 0.29) is 0 Å². The average molecular weight is 469 g/mol. The molecule has 1 aliphatic heterocycles. The molecule has 0 unspecified atom stereocenters. The SMILES string of the molecule is FC(F)(F)c1ccc(-c2ccccc2)c([Si]2c3ccccc3-c3ccc(C(F)(F)F)cc32)c1. The zero-order valence-corrected chi connectivity index (χ0v) is 17.9. The molecule has 0 fully saturated rings. The normalized spacial score (nSPS) is 13.6. The Labute approximate surface area is 187 Å². The van der Waals surface area contributed by atoms with Crippen LogP contribution in [0.25, 0.3) is 22.3 Å². The Bertz CT molecular complexity index is 1340. The van der Waals surface area contributed by atoms with Gasteiger partial charge < -0.3 is 0 Å². The lowest BCUT2D eigenvalue weighted by molar-refractivity contribution is -0.138. The minimum atomic E-state index is -4.57. The summed E-state index contributed by atoms with van der Waals surface area (Å²) in [6, 6.07) is 23.3. The van der Waals surface area contributed by atoms with Crippen LogP contribution in [0, 0.1) is 0 Å². The smallest absolute Gasteiger partial charge is 0.166 e. The summed E-state index contributed by atoms with van der Waals surface area (Å²) in [5.74, 6) is 0. The van der Waals surface area contributed by atoms with Crippen LogP contribution in [0.3, 0.4) is 0 Å². The molecule has 0 N–H and O–H groups in total. The van der Waals surface area contributed by atoms with Gasteiger partial charge in [0.25, 0.3) is 0 Å². The van der Waals surface area contributed by atoms with E-state index < -0.39 is 32.3 Å². The predicted octanol–water partition coefficient (Wildman–Crippen LogP) is 5.89. The molecule has 0 bridgehead atoms. The standard InChI is InChI=1S/C26H15F6Si/c27-25(28,29)17-10-12-19(16-6-2-1-3-7-16)23(14-17)33-22-9-5-4-8-20(22)21-13-11-18(15-24(21)33)26(30,31)32/h1-15H. The fraction of sp³-hybridized carbons (Fsp3) is 0.0769. The quantitative estimate of drug-likeness (QED) is 0.224. The van der Waals surface area contributed by atoms with Gasteiger partial charge >= 0.3 is 12.4 Å². The van der Waals surface area contributed by atoms with Gasteiger partial charge in [-0.15, -0.1) is 0 Å². The molecule has 0 aliphatic carbocycles. The van der Waals surface area contributed by atoms with Gasteiger partial charge in [0.1, 0.15) is 0 Å². The first kappa shape index (κ1) is 21.5. The van der Waals surface area contributed by atoms with Gasteiger partial charge in [0.05, 0.1) is 11.1 Å². The van der Waals surface area contributed by atoms with E-state index in [1.54, 1.807) is 42.5 Å². The van der Waals surface area contributed by atoms with Crippen LogP contribution in [-0.4, -0.2) is 8.80 Å². The molecule has 4 aromatic carbocycles. The largest absolute Gasteiger partial charge is 0.416 e. The summed E-state index contributed by atoms with van der Waals surface area (Å²) in [4.78, 5) is 0. The molecule has 1 aliphatic rings. The summed E-state index contributed by atoms with van der Waals surface area (Å²) in [5.41, 5.74) is 1.11. The highest BCUT2D eigenvalue weighted by molar-refractivity contribution is 6.99. The number of alkyl halides is 6. The highest BCUT2D eigenvalue weighted by Crippen LogP contribution is 2.34. The van der Waals surface area contributed by atoms with Gasteiger partial charge in [-0.25, -0.2) is 0 Å². The third-order valence-electron chi connectivity index (χ3n) is 5.80. The molecule has 0 nitrogen and oxygen atoms in total. The fourth-order valence-electron chi connectivity index (χ4n) is 4.33. The van der Waals surface area contributed by atoms with Crippen LogP contribution < -0.4 is 15.6 Å². The van der Waals surface area contributed by atoms with Gasteiger partial charge in [-0.2, -0.15) is 26.3 Å². The molecule has 0 saturated carbocycles. The highest BCUT2D eigenvalue weighted by atomic mass is 28.3. The Morgan fingerprint density at radius 1 is 0.455 bits per heavy atom. The van der Waals surface area contributed by atoms with E-state index in [0.717, 1.165) is 40.6 Å². The Morgan fingerprint density at radius 3 is 1.55 bits per heavy atom. The summed E-state index contributed by atoms with van der Waals surface area (Å²) < 4.78 is 81.6. The monoisotopic (exact) mass is 469 g/mol. The van der Waals surface area contributed by atoms with Crippen molar-refractivity contribution < 1.29 is 26.3 Å². The molecule has 4 aromatic rings. The molecule has 0 amide bonds. The van der Waals surface area contributed by atoms with E-state index in [2.05, 4.69) is 0 Å². The van der Waals surface area contributed by atoms with Crippen LogP contribution >= 0.6 is 0 Å². The van der Waals surface area contributed by atoms with Gasteiger partial charge in [-0.3, -0.25) is 0 Å². The number of rotatable bonds is 2. The van der Waals surface area contributed by atoms with Crippen molar-refractivity contribution in [2.24, 2.45) is 0 Å². The minimum absolute atomic E-state index is 0.423. The summed E-state index contributed by atoms with van der Waals surface area (Å²) in [7, 11) is -2.14. The van der Waals surface area contributed by atoms with E-state index in [0.29, 0.717) is 21.5 Å². The Kier molecular flexibility index (Phi) is 4.97. The Hall–Kier alpha value is -3.32. The molecule has 33 heavy (non-hydrogen) atoms. The van der Waals surface area contributed by atoms with E-state index >= 15 is 0 Å². The lowest BCUT2D eigenvalue weighted by Gasteiger charge is -2.20. The van der Waals surface area contributed by atoms with Crippen LogP contribution in [0.4, 0.5) is 26.3 Å². The van der Waals surface area contributed by atoms with E-state index in [1.807, 2.05) is 12.1 Å². The van der Waals surface area contributed by atoms with Crippen LogP contribution in [0.15, 0.2) is 91.0 Å². The van der Waals surface area contributed by atoms with Gasteiger partial charge in [0.2, 0.25) is 0 Å². The van der Waals surface area contributed by atoms with E-state index in [4.69, 9.17) is 0 Å². The molecule has 7 heteroatoms. The van der Waals surface area contributed by atoms with Gasteiger partial charge in [0.15, 0.2) is 8.80 Å². The van der Waals surface area contributed by atoms with E-state index in [9.17, 15) is 26.3 Å². The summed E-state index contributed by atoms with van der Waals surface area (Å²) in [6.45, 7) is 0. The number of hydrogen-bond acceptors (Lipinski definition) is 0. The van der Waals surface area contributed by atoms with E-state index in [1.165, 1.54) is 12.1 Å². The zero-order valence-electron chi connectivity index (χ0n) is 16.9. The lowest BCUT2D eigenvalue weighted by atomic mass is 10.0. The summed E-state index contributed by atoms with van der Waals surface area (Å²) in [6.07, 6.45) is -9.12. The molecule has 0 spiro atoms. The van der Waals surface area contributed by atoms with Crippen molar-refractivity contribution in [3.8, 4) is 22.3 Å². The zero-order chi connectivity index (χ0) is 23.4. The maximum atomic E-state index is 13.7. The topological polar surface area (TPSA) is 0 Å². The van der Waals surface area contributed by atoms with Gasteiger partial charge in [-0.1, -0.05) is 66.7 Å². The number of hydrogen-bond donors (Lipinski definition) is 0. The van der Waals surface area contributed by atoms with Crippen molar-refractivity contribution in [2.45, 2.75) is 12.4 Å². The van der Waals surface area contributed by atoms with Crippen LogP contribution in [0.5, 0.6) is 0 Å². The molecule has 5 rings (SSSR count). The molecule has 1 radical (unpaired) electrons. The molecular weight excluding hydrogens is 454 g/mol. The molecule has 1 heterocycles. The number of fused-ring (bicyclic) bond motifs is 3. The van der Waals surface area contributed by atoms with Crippen LogP contribution in [0.2, 0.25) is 0 Å². The molecule has 0 saturated heterocycles. The van der Waals surface area contributed by atoms with Gasteiger partial charge in [-0.05, 0) is 62.1 Å². The predicted molar refractivity (Wildman–Crippen MR) is 118 cm³/mol. The van der Waals surface area contributed by atoms with Crippen molar-refractivity contribution in [1.82, 2.24) is 0 Å². The summed E-state index contributed by atoms with van der Waals surface area (Å²) >= 11 is 0. The van der Waals surface area contributed by atoms with Crippen molar-refractivity contribution >= 4 is 24.4 Å². The first-order valence-corrected chi connectivity index (χ1v) is 11.6. The molecule has 0 aromatic heterocycles. The first-order valence-electron chi connectivity index (χ1n) is 10.1. The second kappa shape index (κ2) is 7.62. The van der Waals surface area contributed by atoms with Gasteiger partial charge in [0, 0.05) is 0 Å². The van der Waals surface area contributed by atoms with Crippen molar-refractivity contribution in [1.29, 1.82) is 0 Å². The average Bonchev–Trinajstić information content (AvgIpc) is 3.12. The number of halogens is 6. The first-order chi connectivity index (χ1) is 15.6. The highest BCUT2D eigenvalue weighted by Gasteiger charge is 2.39. The fourth-order valence-corrected chi connectivity index (χ4v) is 7.54. The second-order valence-electron chi connectivity index (χ2n) is 7.80. The third-order valence-corrected chi connectivity index (χ3v) is 8.68. The van der Waals surface area contributed by atoms with Crippen LogP contribution in [-0.2, 0) is 12.4 Å². The molecule has 165 valence electrons. The Balaban J connectivity index is 1.82. The minimum Gasteiger partial charge on any atom is -0.166 e. The van der Waals surface area contributed by atoms with Crippen molar-refractivity contribution in [2.75, 3.05) is 0 Å². The summed E-state index contributed by atoms with van der Waals surface area (Å²) in [5, 5.41) is 1.66. The molecular formula is C26H15F6Si. The van der Waals surface area contributed by atoms with Crippen LogP contribution in [0.1, 0.15) is 11.1 Å².